The van der Waals surface area contributed by atoms with E-state index in [9.17, 15) is 13.2 Å². The van der Waals surface area contributed by atoms with Crippen molar-refractivity contribution in [3.05, 3.63) is 48.2 Å². The maximum atomic E-state index is 13.6. The molecule has 0 saturated heterocycles. The van der Waals surface area contributed by atoms with Gasteiger partial charge in [-0.05, 0) is 23.8 Å². The minimum atomic E-state index is -4.48. The highest BCUT2D eigenvalue weighted by Crippen LogP contribution is 2.42. The number of nitrogens with zero attached hydrogens (tertiary/aromatic N) is 3. The summed E-state index contributed by atoms with van der Waals surface area (Å²) in [5.41, 5.74) is 9.96. The standard InChI is InChI=1S/C20H20F3N6/c1-29(2,3)28-18-16-12-8-9-25-17(12)13(10-15(16)26-19(24)27-18)11-6-4-5-7-14(11)20(21,22)23/h4-10,25H,1-3H3,(H3,24,26,27,28)/q+1. The average molecular weight is 401 g/mol. The van der Waals surface area contributed by atoms with E-state index in [-0.39, 0.29) is 11.5 Å². The lowest BCUT2D eigenvalue weighted by Gasteiger charge is -2.25. The van der Waals surface area contributed by atoms with Crippen molar-refractivity contribution >= 4 is 33.6 Å². The van der Waals surface area contributed by atoms with Gasteiger partial charge in [-0.2, -0.15) is 18.2 Å². The zero-order valence-corrected chi connectivity index (χ0v) is 16.1. The van der Waals surface area contributed by atoms with E-state index in [1.54, 1.807) is 24.4 Å². The topological polar surface area (TPSA) is 79.6 Å². The van der Waals surface area contributed by atoms with Gasteiger partial charge in [0, 0.05) is 17.1 Å². The number of fused-ring (bicyclic) bond motifs is 3. The molecule has 0 fully saturated rings. The van der Waals surface area contributed by atoms with Crippen LogP contribution in [-0.4, -0.2) is 40.7 Å². The summed E-state index contributed by atoms with van der Waals surface area (Å²) in [6.07, 6.45) is -2.79. The van der Waals surface area contributed by atoms with Gasteiger partial charge in [0.25, 0.3) is 0 Å². The Bertz CT molecular complexity index is 1220. The van der Waals surface area contributed by atoms with E-state index < -0.39 is 11.7 Å². The van der Waals surface area contributed by atoms with Gasteiger partial charge in [0.05, 0.1) is 43.1 Å². The Balaban J connectivity index is 2.08. The first-order valence-electron chi connectivity index (χ1n) is 8.88. The number of H-pyrrole nitrogens is 1. The van der Waals surface area contributed by atoms with Crippen molar-refractivity contribution in [1.82, 2.24) is 15.0 Å². The van der Waals surface area contributed by atoms with Gasteiger partial charge in [0.1, 0.15) is 0 Å². The molecule has 0 bridgehead atoms. The Hall–Kier alpha value is -3.33. The minimum absolute atomic E-state index is 0.0402. The average Bonchev–Trinajstić information content (AvgIpc) is 3.08. The highest BCUT2D eigenvalue weighted by molar-refractivity contribution is 6.15. The van der Waals surface area contributed by atoms with E-state index in [0.717, 1.165) is 6.07 Å². The number of anilines is 2. The van der Waals surface area contributed by atoms with Gasteiger partial charge < -0.3 is 10.7 Å². The van der Waals surface area contributed by atoms with Gasteiger partial charge in [-0.1, -0.05) is 18.2 Å². The van der Waals surface area contributed by atoms with Crippen LogP contribution in [0.4, 0.5) is 24.9 Å². The molecule has 0 aliphatic heterocycles. The molecule has 0 aliphatic carbocycles. The van der Waals surface area contributed by atoms with Crippen LogP contribution in [0.15, 0.2) is 42.6 Å². The summed E-state index contributed by atoms with van der Waals surface area (Å²) in [5, 5.41) is 1.40. The second-order valence-corrected chi connectivity index (χ2v) is 7.68. The Labute approximate surface area is 164 Å². The Morgan fingerprint density at radius 2 is 1.76 bits per heavy atom. The Kier molecular flexibility index (Phi) is 4.16. The molecule has 150 valence electrons. The number of benzene rings is 2. The summed E-state index contributed by atoms with van der Waals surface area (Å²) in [5.74, 6) is 0.554. The molecule has 0 saturated carbocycles. The van der Waals surface area contributed by atoms with E-state index in [1.165, 1.54) is 12.1 Å². The van der Waals surface area contributed by atoms with Crippen molar-refractivity contribution in [2.75, 3.05) is 32.3 Å². The molecule has 0 atom stereocenters. The zero-order chi connectivity index (χ0) is 21.0. The van der Waals surface area contributed by atoms with Gasteiger partial charge in [0.2, 0.25) is 5.95 Å². The third-order valence-electron chi connectivity index (χ3n) is 4.48. The van der Waals surface area contributed by atoms with E-state index >= 15 is 0 Å². The SMILES string of the molecule is C[N+](C)(C)Nc1nc(N)nc2cc(-c3ccccc3C(F)(F)F)c3[nH]ccc3c12. The molecule has 0 radical (unpaired) electrons. The third-order valence-corrected chi connectivity index (χ3v) is 4.48. The van der Waals surface area contributed by atoms with E-state index in [1.807, 2.05) is 21.1 Å². The van der Waals surface area contributed by atoms with Crippen molar-refractivity contribution < 1.29 is 17.8 Å². The number of nitrogens with one attached hydrogen (secondary N) is 2. The van der Waals surface area contributed by atoms with Crippen LogP contribution in [-0.2, 0) is 6.18 Å². The maximum Gasteiger partial charge on any atom is 0.417 e. The first-order chi connectivity index (χ1) is 13.5. The number of halogens is 3. The normalized spacial score (nSPS) is 12.6. The first-order valence-corrected chi connectivity index (χ1v) is 8.88. The third kappa shape index (κ3) is 3.44. The summed E-state index contributed by atoms with van der Waals surface area (Å²) in [6.45, 7) is 0. The number of nitrogen functional groups attached to an aromatic ring is 1. The summed E-state index contributed by atoms with van der Waals surface area (Å²) in [7, 11) is 5.77. The highest BCUT2D eigenvalue weighted by atomic mass is 19.4. The predicted molar refractivity (Wildman–Crippen MR) is 108 cm³/mol. The Morgan fingerprint density at radius 3 is 2.45 bits per heavy atom. The molecule has 2 aromatic heterocycles. The molecule has 4 aromatic rings. The lowest BCUT2D eigenvalue weighted by Crippen LogP contribution is -2.41. The highest BCUT2D eigenvalue weighted by Gasteiger charge is 2.34. The molecular formula is C20H20F3N6+. The number of aromatic amines is 1. The number of hydrogen-bond donors (Lipinski definition) is 3. The summed E-state index contributed by atoms with van der Waals surface area (Å²) >= 11 is 0. The van der Waals surface area contributed by atoms with Crippen molar-refractivity contribution in [2.24, 2.45) is 0 Å². The molecule has 0 amide bonds. The molecule has 0 unspecified atom stereocenters. The first kappa shape index (κ1) is 19.0. The van der Waals surface area contributed by atoms with Crippen LogP contribution in [0.5, 0.6) is 0 Å². The van der Waals surface area contributed by atoms with Gasteiger partial charge in [-0.15, -0.1) is 0 Å². The summed E-state index contributed by atoms with van der Waals surface area (Å²) < 4.78 is 41.2. The minimum Gasteiger partial charge on any atom is -0.368 e. The molecule has 0 aliphatic rings. The summed E-state index contributed by atoms with van der Waals surface area (Å²) in [4.78, 5) is 11.7. The van der Waals surface area contributed by atoms with Crippen molar-refractivity contribution in [2.45, 2.75) is 6.18 Å². The molecule has 9 heteroatoms. The van der Waals surface area contributed by atoms with Crippen LogP contribution in [0.3, 0.4) is 0 Å². The Morgan fingerprint density at radius 1 is 1.03 bits per heavy atom. The van der Waals surface area contributed by atoms with Crippen LogP contribution in [0.25, 0.3) is 32.9 Å². The number of alkyl halides is 3. The van der Waals surface area contributed by atoms with Crippen LogP contribution in [0, 0.1) is 0 Å². The van der Waals surface area contributed by atoms with Gasteiger partial charge in [-0.25, -0.2) is 15.0 Å². The van der Waals surface area contributed by atoms with Gasteiger partial charge >= 0.3 is 6.18 Å². The molecule has 0 spiro atoms. The van der Waals surface area contributed by atoms with Crippen molar-refractivity contribution in [3.8, 4) is 11.1 Å². The molecule has 6 nitrogen and oxygen atoms in total. The van der Waals surface area contributed by atoms with Crippen LogP contribution in [0.1, 0.15) is 5.56 Å². The quantitative estimate of drug-likeness (QED) is 0.351. The molecule has 4 N–H and O–H groups in total. The molecule has 2 aromatic carbocycles. The van der Waals surface area contributed by atoms with Crippen LogP contribution in [0.2, 0.25) is 0 Å². The molecule has 4 rings (SSSR count). The van der Waals surface area contributed by atoms with Crippen molar-refractivity contribution in [1.29, 1.82) is 0 Å². The lowest BCUT2D eigenvalue weighted by molar-refractivity contribution is -0.848. The maximum absolute atomic E-state index is 13.6. The van der Waals surface area contributed by atoms with Crippen LogP contribution >= 0.6 is 0 Å². The zero-order valence-electron chi connectivity index (χ0n) is 16.1. The summed E-state index contributed by atoms with van der Waals surface area (Å²) in [6, 6.07) is 8.92. The molecule has 29 heavy (non-hydrogen) atoms. The molecule has 2 heterocycles. The fourth-order valence-corrected chi connectivity index (χ4v) is 3.45. The van der Waals surface area contributed by atoms with Crippen molar-refractivity contribution in [3.63, 3.8) is 0 Å². The number of hydrogen-bond acceptors (Lipinski definition) is 4. The number of quaternary nitrogens is 1. The second kappa shape index (κ2) is 6.35. The fourth-order valence-electron chi connectivity index (χ4n) is 3.45. The monoisotopic (exact) mass is 401 g/mol. The second-order valence-electron chi connectivity index (χ2n) is 7.68. The van der Waals surface area contributed by atoms with E-state index in [2.05, 4.69) is 20.4 Å². The van der Waals surface area contributed by atoms with E-state index in [4.69, 9.17) is 5.73 Å². The largest absolute Gasteiger partial charge is 0.417 e. The molecular weight excluding hydrogens is 381 g/mol. The predicted octanol–water partition coefficient (Wildman–Crippen LogP) is 4.41. The van der Waals surface area contributed by atoms with E-state index in [0.29, 0.717) is 37.8 Å². The van der Waals surface area contributed by atoms with Crippen LogP contribution < -0.4 is 11.2 Å². The number of nitrogens with two attached hydrogens (primary N) is 1. The number of aromatic nitrogens is 3. The van der Waals surface area contributed by atoms with Gasteiger partial charge in [0.15, 0.2) is 5.82 Å². The van der Waals surface area contributed by atoms with Gasteiger partial charge in [-0.3, -0.25) is 0 Å². The lowest BCUT2D eigenvalue weighted by atomic mass is 9.95. The number of rotatable bonds is 3. The smallest absolute Gasteiger partial charge is 0.368 e. The fraction of sp³-hybridized carbons (Fsp3) is 0.200.